The van der Waals surface area contributed by atoms with Crippen LogP contribution in [0.5, 0.6) is 0 Å². The Morgan fingerprint density at radius 2 is 2.11 bits per heavy atom. The van der Waals surface area contributed by atoms with Gasteiger partial charge in [-0.25, -0.2) is 4.98 Å². The molecule has 1 heterocycles. The monoisotopic (exact) mass is 263 g/mol. The number of carbonyl (C=O) groups is 1. The van der Waals surface area contributed by atoms with Crippen molar-refractivity contribution in [3.63, 3.8) is 0 Å². The Morgan fingerprint density at radius 1 is 1.32 bits per heavy atom. The van der Waals surface area contributed by atoms with E-state index in [2.05, 4.69) is 25.9 Å². The molecule has 1 aromatic heterocycles. The summed E-state index contributed by atoms with van der Waals surface area (Å²) in [5.41, 5.74) is 0.912. The number of aromatic nitrogens is 2. The van der Waals surface area contributed by atoms with Crippen molar-refractivity contribution < 1.29 is 4.79 Å². The zero-order chi connectivity index (χ0) is 13.7. The average Bonchev–Trinajstić information content (AvgIpc) is 3.18. The molecule has 6 nitrogen and oxygen atoms in total. The molecular formula is C13H21N5O. The molecule has 0 radical (unpaired) electrons. The molecule has 0 bridgehead atoms. The summed E-state index contributed by atoms with van der Waals surface area (Å²) < 4.78 is 0. The maximum Gasteiger partial charge on any atom is 0.224 e. The predicted octanol–water partition coefficient (Wildman–Crippen LogP) is 1.15. The Morgan fingerprint density at radius 3 is 2.79 bits per heavy atom. The molecule has 1 fully saturated rings. The van der Waals surface area contributed by atoms with Gasteiger partial charge in [-0.15, -0.1) is 0 Å². The van der Waals surface area contributed by atoms with Gasteiger partial charge >= 0.3 is 0 Å². The number of anilines is 2. The van der Waals surface area contributed by atoms with E-state index in [9.17, 15) is 4.79 Å². The van der Waals surface area contributed by atoms with Crippen molar-refractivity contribution in [3.05, 3.63) is 11.8 Å². The molecule has 1 saturated carbocycles. The molecule has 3 N–H and O–H groups in total. The minimum Gasteiger partial charge on any atom is -0.370 e. The van der Waals surface area contributed by atoms with Crippen LogP contribution in [0.1, 0.15) is 25.5 Å². The molecule has 1 amide bonds. The Bertz CT molecular complexity index is 445. The second-order valence-corrected chi connectivity index (χ2v) is 4.74. The summed E-state index contributed by atoms with van der Waals surface area (Å²) in [6, 6.07) is 1.91. The Labute approximate surface area is 113 Å². The van der Waals surface area contributed by atoms with Crippen LogP contribution in [0, 0.1) is 12.8 Å². The molecule has 104 valence electrons. The summed E-state index contributed by atoms with van der Waals surface area (Å²) in [6.07, 6.45) is 2.07. The Kier molecular flexibility index (Phi) is 4.54. The summed E-state index contributed by atoms with van der Waals surface area (Å²) >= 11 is 0. The molecule has 0 saturated heterocycles. The van der Waals surface area contributed by atoms with Crippen LogP contribution in [0.2, 0.25) is 0 Å². The van der Waals surface area contributed by atoms with E-state index in [0.717, 1.165) is 30.9 Å². The van der Waals surface area contributed by atoms with Crippen LogP contribution in [0.3, 0.4) is 0 Å². The van der Waals surface area contributed by atoms with Gasteiger partial charge in [-0.05, 0) is 26.7 Å². The number of amides is 1. The Hall–Kier alpha value is -1.85. The van der Waals surface area contributed by atoms with Gasteiger partial charge < -0.3 is 16.0 Å². The highest BCUT2D eigenvalue weighted by Crippen LogP contribution is 2.28. The van der Waals surface area contributed by atoms with Gasteiger partial charge in [0.25, 0.3) is 0 Å². The lowest BCUT2D eigenvalue weighted by atomic mass is 10.4. The van der Waals surface area contributed by atoms with Gasteiger partial charge in [0.05, 0.1) is 0 Å². The molecule has 0 atom stereocenters. The molecule has 0 aromatic carbocycles. The minimum atomic E-state index is 0.167. The highest BCUT2D eigenvalue weighted by atomic mass is 16.2. The molecule has 0 aliphatic heterocycles. The molecule has 6 heteroatoms. The highest BCUT2D eigenvalue weighted by molar-refractivity contribution is 5.80. The molecule has 19 heavy (non-hydrogen) atoms. The first-order valence-electron chi connectivity index (χ1n) is 6.80. The number of aryl methyl sites for hydroxylation is 1. The van der Waals surface area contributed by atoms with Crippen molar-refractivity contribution in [1.29, 1.82) is 0 Å². The van der Waals surface area contributed by atoms with Crippen molar-refractivity contribution in [2.24, 2.45) is 5.92 Å². The first-order chi connectivity index (χ1) is 9.19. The molecule has 1 aliphatic rings. The van der Waals surface area contributed by atoms with Crippen molar-refractivity contribution in [2.45, 2.75) is 26.7 Å². The largest absolute Gasteiger partial charge is 0.370 e. The third kappa shape index (κ3) is 4.39. The van der Waals surface area contributed by atoms with Crippen molar-refractivity contribution in [3.8, 4) is 0 Å². The Balaban J connectivity index is 1.76. The molecule has 0 unspecified atom stereocenters. The molecular weight excluding hydrogens is 242 g/mol. The maximum absolute atomic E-state index is 11.4. The van der Waals surface area contributed by atoms with E-state index in [1.165, 1.54) is 0 Å². The van der Waals surface area contributed by atoms with E-state index in [-0.39, 0.29) is 11.8 Å². The van der Waals surface area contributed by atoms with Gasteiger partial charge in [0, 0.05) is 37.3 Å². The standard InChI is InChI=1S/C13H21N5O/c1-3-14-11-8-9(2)17-13(18-11)16-7-6-15-12(19)10-4-5-10/h8,10H,3-7H2,1-2H3,(H,15,19)(H2,14,16,17,18). The van der Waals surface area contributed by atoms with E-state index in [0.29, 0.717) is 19.0 Å². The normalized spacial score (nSPS) is 14.0. The third-order valence-electron chi connectivity index (χ3n) is 2.87. The van der Waals surface area contributed by atoms with Crippen molar-refractivity contribution in [1.82, 2.24) is 15.3 Å². The van der Waals surface area contributed by atoms with Crippen LogP contribution < -0.4 is 16.0 Å². The van der Waals surface area contributed by atoms with Crippen LogP contribution in [-0.4, -0.2) is 35.5 Å². The lowest BCUT2D eigenvalue weighted by Gasteiger charge is -2.09. The fourth-order valence-corrected chi connectivity index (χ4v) is 1.77. The van der Waals surface area contributed by atoms with Crippen LogP contribution in [0.25, 0.3) is 0 Å². The van der Waals surface area contributed by atoms with Crippen LogP contribution in [0.15, 0.2) is 6.07 Å². The SMILES string of the molecule is CCNc1cc(C)nc(NCCNC(=O)C2CC2)n1. The smallest absolute Gasteiger partial charge is 0.224 e. The predicted molar refractivity (Wildman–Crippen MR) is 75.2 cm³/mol. The minimum absolute atomic E-state index is 0.167. The van der Waals surface area contributed by atoms with Gasteiger partial charge in [0.2, 0.25) is 11.9 Å². The molecule has 0 spiro atoms. The van der Waals surface area contributed by atoms with E-state index in [4.69, 9.17) is 0 Å². The first kappa shape index (κ1) is 13.6. The second kappa shape index (κ2) is 6.36. The first-order valence-corrected chi connectivity index (χ1v) is 6.80. The number of hydrogen-bond acceptors (Lipinski definition) is 5. The number of hydrogen-bond donors (Lipinski definition) is 3. The summed E-state index contributed by atoms with van der Waals surface area (Å²) in [6.45, 7) is 6.02. The van der Waals surface area contributed by atoms with Crippen molar-refractivity contribution in [2.75, 3.05) is 30.3 Å². The molecule has 1 aliphatic carbocycles. The zero-order valence-corrected chi connectivity index (χ0v) is 11.5. The number of nitrogens with zero attached hydrogens (tertiary/aromatic N) is 2. The van der Waals surface area contributed by atoms with Crippen LogP contribution >= 0.6 is 0 Å². The number of carbonyl (C=O) groups excluding carboxylic acids is 1. The fourth-order valence-electron chi connectivity index (χ4n) is 1.77. The highest BCUT2D eigenvalue weighted by Gasteiger charge is 2.28. The van der Waals surface area contributed by atoms with Crippen LogP contribution in [-0.2, 0) is 4.79 Å². The van der Waals surface area contributed by atoms with E-state index in [1.54, 1.807) is 0 Å². The van der Waals surface area contributed by atoms with Crippen molar-refractivity contribution >= 4 is 17.7 Å². The average molecular weight is 263 g/mol. The summed E-state index contributed by atoms with van der Waals surface area (Å²) in [7, 11) is 0. The maximum atomic E-state index is 11.4. The van der Waals surface area contributed by atoms with E-state index >= 15 is 0 Å². The number of rotatable bonds is 7. The summed E-state index contributed by atoms with van der Waals surface area (Å²) in [4.78, 5) is 20.1. The fraction of sp³-hybridized carbons (Fsp3) is 0.615. The van der Waals surface area contributed by atoms with E-state index in [1.807, 2.05) is 19.9 Å². The lowest BCUT2D eigenvalue weighted by Crippen LogP contribution is -2.30. The van der Waals surface area contributed by atoms with Gasteiger partial charge in [0.1, 0.15) is 5.82 Å². The molecule has 2 rings (SSSR count). The summed E-state index contributed by atoms with van der Waals surface area (Å²) in [5.74, 6) is 1.84. The quantitative estimate of drug-likeness (QED) is 0.643. The topological polar surface area (TPSA) is 78.9 Å². The van der Waals surface area contributed by atoms with Gasteiger partial charge in [-0.3, -0.25) is 4.79 Å². The van der Waals surface area contributed by atoms with Gasteiger partial charge in [0.15, 0.2) is 0 Å². The lowest BCUT2D eigenvalue weighted by molar-refractivity contribution is -0.122. The second-order valence-electron chi connectivity index (χ2n) is 4.74. The molecule has 1 aromatic rings. The third-order valence-corrected chi connectivity index (χ3v) is 2.87. The summed E-state index contributed by atoms with van der Waals surface area (Å²) in [5, 5.41) is 9.18. The van der Waals surface area contributed by atoms with Gasteiger partial charge in [-0.2, -0.15) is 4.98 Å². The van der Waals surface area contributed by atoms with Crippen LogP contribution in [0.4, 0.5) is 11.8 Å². The zero-order valence-electron chi connectivity index (χ0n) is 11.5. The van der Waals surface area contributed by atoms with E-state index < -0.39 is 0 Å². The number of nitrogens with one attached hydrogen (secondary N) is 3. The van der Waals surface area contributed by atoms with Gasteiger partial charge in [-0.1, -0.05) is 0 Å².